The molecule has 0 aromatic heterocycles. The Morgan fingerprint density at radius 3 is 2.30 bits per heavy atom. The van der Waals surface area contributed by atoms with Crippen molar-refractivity contribution in [3.05, 3.63) is 35.6 Å². The monoisotopic (exact) mass is 312 g/mol. The SMILES string of the molecule is Cl.Fc1ccccc1[C@H](CC(F)(F)F)N1CCNCC1. The highest BCUT2D eigenvalue weighted by Gasteiger charge is 2.36. The number of halogens is 5. The molecule has 7 heteroatoms. The first-order chi connectivity index (χ1) is 8.97. The lowest BCUT2D eigenvalue weighted by molar-refractivity contribution is -0.149. The van der Waals surface area contributed by atoms with Crippen LogP contribution in [-0.4, -0.2) is 37.3 Å². The van der Waals surface area contributed by atoms with Crippen LogP contribution < -0.4 is 5.32 Å². The molecule has 2 nitrogen and oxygen atoms in total. The van der Waals surface area contributed by atoms with Crippen molar-refractivity contribution in [2.24, 2.45) is 0 Å². The second kappa shape index (κ2) is 7.24. The average molecular weight is 313 g/mol. The predicted molar refractivity (Wildman–Crippen MR) is 71.5 cm³/mol. The molecule has 0 unspecified atom stereocenters. The Labute approximate surface area is 121 Å². The summed E-state index contributed by atoms with van der Waals surface area (Å²) in [5.74, 6) is -0.574. The minimum Gasteiger partial charge on any atom is -0.314 e. The molecule has 1 fully saturated rings. The van der Waals surface area contributed by atoms with Crippen molar-refractivity contribution in [3.63, 3.8) is 0 Å². The summed E-state index contributed by atoms with van der Waals surface area (Å²) >= 11 is 0. The van der Waals surface area contributed by atoms with E-state index >= 15 is 0 Å². The first-order valence-electron chi connectivity index (χ1n) is 6.23. The Morgan fingerprint density at radius 1 is 1.15 bits per heavy atom. The van der Waals surface area contributed by atoms with E-state index in [4.69, 9.17) is 0 Å². The van der Waals surface area contributed by atoms with Gasteiger partial charge >= 0.3 is 6.18 Å². The van der Waals surface area contributed by atoms with E-state index in [1.54, 1.807) is 11.0 Å². The molecule has 0 spiro atoms. The van der Waals surface area contributed by atoms with Gasteiger partial charge in [-0.3, -0.25) is 4.90 Å². The minimum atomic E-state index is -4.31. The summed E-state index contributed by atoms with van der Waals surface area (Å²) < 4.78 is 51.9. The van der Waals surface area contributed by atoms with Crippen LogP contribution in [0, 0.1) is 5.82 Å². The van der Waals surface area contributed by atoms with Crippen LogP contribution in [0.5, 0.6) is 0 Å². The van der Waals surface area contributed by atoms with Crippen molar-refractivity contribution in [3.8, 4) is 0 Å². The molecule has 20 heavy (non-hydrogen) atoms. The highest BCUT2D eigenvalue weighted by Crippen LogP contribution is 2.34. The summed E-state index contributed by atoms with van der Waals surface area (Å²) in [7, 11) is 0. The predicted octanol–water partition coefficient (Wildman–Crippen LogP) is 3.15. The van der Waals surface area contributed by atoms with Crippen molar-refractivity contribution >= 4 is 12.4 Å². The number of hydrogen-bond donors (Lipinski definition) is 1. The van der Waals surface area contributed by atoms with E-state index in [0.29, 0.717) is 26.2 Å². The maximum absolute atomic E-state index is 13.8. The van der Waals surface area contributed by atoms with E-state index in [1.807, 2.05) is 0 Å². The summed E-state index contributed by atoms with van der Waals surface area (Å²) in [5, 5.41) is 3.08. The molecule has 1 heterocycles. The molecule has 1 atom stereocenters. The Morgan fingerprint density at radius 2 is 1.75 bits per heavy atom. The Balaban J connectivity index is 0.00000200. The molecular formula is C13H17ClF4N2. The Hall–Kier alpha value is -0.850. The van der Waals surface area contributed by atoms with Gasteiger partial charge < -0.3 is 5.32 Å². The molecule has 0 radical (unpaired) electrons. The molecule has 1 aromatic rings. The molecule has 0 saturated carbocycles. The molecule has 1 saturated heterocycles. The van der Waals surface area contributed by atoms with E-state index in [9.17, 15) is 17.6 Å². The summed E-state index contributed by atoms with van der Waals surface area (Å²) in [6, 6.07) is 4.77. The van der Waals surface area contributed by atoms with Gasteiger partial charge in [0.2, 0.25) is 0 Å². The molecule has 1 aliphatic rings. The van der Waals surface area contributed by atoms with Crippen molar-refractivity contribution in [2.45, 2.75) is 18.6 Å². The summed E-state index contributed by atoms with van der Waals surface area (Å²) in [5.41, 5.74) is 0.127. The average Bonchev–Trinajstić information content (AvgIpc) is 2.37. The van der Waals surface area contributed by atoms with Gasteiger partial charge in [0, 0.05) is 37.8 Å². The van der Waals surface area contributed by atoms with Crippen molar-refractivity contribution in [2.75, 3.05) is 26.2 Å². The largest absolute Gasteiger partial charge is 0.390 e. The van der Waals surface area contributed by atoms with Crippen LogP contribution in [0.4, 0.5) is 17.6 Å². The lowest BCUT2D eigenvalue weighted by atomic mass is 10.0. The molecule has 1 N–H and O–H groups in total. The van der Waals surface area contributed by atoms with Crippen LogP contribution in [-0.2, 0) is 0 Å². The van der Waals surface area contributed by atoms with Crippen LogP contribution in [0.3, 0.4) is 0 Å². The molecule has 1 aliphatic heterocycles. The third-order valence-electron chi connectivity index (χ3n) is 3.28. The standard InChI is InChI=1S/C13H16F4N2.ClH/c14-11-4-2-1-3-10(11)12(9-13(15,16)17)19-7-5-18-6-8-19;/h1-4,12,18H,5-9H2;1H/t12-;/m0./s1. The quantitative estimate of drug-likeness (QED) is 0.863. The van der Waals surface area contributed by atoms with E-state index in [-0.39, 0.29) is 18.0 Å². The summed E-state index contributed by atoms with van der Waals surface area (Å²) in [4.78, 5) is 1.70. The maximum atomic E-state index is 13.8. The Kier molecular flexibility index (Phi) is 6.23. The topological polar surface area (TPSA) is 15.3 Å². The molecule has 2 rings (SSSR count). The van der Waals surface area contributed by atoms with Gasteiger partial charge in [-0.1, -0.05) is 18.2 Å². The van der Waals surface area contributed by atoms with Crippen LogP contribution in [0.2, 0.25) is 0 Å². The van der Waals surface area contributed by atoms with Crippen LogP contribution in [0.15, 0.2) is 24.3 Å². The molecule has 114 valence electrons. The zero-order chi connectivity index (χ0) is 13.9. The zero-order valence-electron chi connectivity index (χ0n) is 10.8. The van der Waals surface area contributed by atoms with Crippen molar-refractivity contribution in [1.82, 2.24) is 10.2 Å². The van der Waals surface area contributed by atoms with E-state index < -0.39 is 24.5 Å². The summed E-state index contributed by atoms with van der Waals surface area (Å²) in [6.07, 6.45) is -5.33. The zero-order valence-corrected chi connectivity index (χ0v) is 11.6. The van der Waals surface area contributed by atoms with Gasteiger partial charge in [0.1, 0.15) is 5.82 Å². The number of nitrogens with one attached hydrogen (secondary N) is 1. The molecule has 0 amide bonds. The van der Waals surface area contributed by atoms with Gasteiger partial charge in [-0.25, -0.2) is 4.39 Å². The fraction of sp³-hybridized carbons (Fsp3) is 0.538. The molecule has 1 aromatic carbocycles. The van der Waals surface area contributed by atoms with Gasteiger partial charge in [-0.2, -0.15) is 13.2 Å². The van der Waals surface area contributed by atoms with Crippen molar-refractivity contribution in [1.29, 1.82) is 0 Å². The molecule has 0 aliphatic carbocycles. The second-order valence-corrected chi connectivity index (χ2v) is 4.64. The number of hydrogen-bond acceptors (Lipinski definition) is 2. The number of nitrogens with zero attached hydrogens (tertiary/aromatic N) is 1. The van der Waals surface area contributed by atoms with Crippen LogP contribution in [0.25, 0.3) is 0 Å². The fourth-order valence-corrected chi connectivity index (χ4v) is 2.39. The van der Waals surface area contributed by atoms with Gasteiger partial charge in [0.05, 0.1) is 6.42 Å². The lowest BCUT2D eigenvalue weighted by Crippen LogP contribution is -2.46. The fourth-order valence-electron chi connectivity index (χ4n) is 2.39. The van der Waals surface area contributed by atoms with Crippen molar-refractivity contribution < 1.29 is 17.6 Å². The number of benzene rings is 1. The minimum absolute atomic E-state index is 0. The highest BCUT2D eigenvalue weighted by atomic mass is 35.5. The molecular weight excluding hydrogens is 296 g/mol. The van der Waals surface area contributed by atoms with Gasteiger partial charge in [0.25, 0.3) is 0 Å². The Bertz CT molecular complexity index is 419. The normalized spacial score (nSPS) is 18.4. The number of piperazine rings is 1. The van der Waals surface area contributed by atoms with Gasteiger partial charge in [0.15, 0.2) is 0 Å². The van der Waals surface area contributed by atoms with E-state index in [1.165, 1.54) is 18.2 Å². The second-order valence-electron chi connectivity index (χ2n) is 4.64. The van der Waals surface area contributed by atoms with Crippen LogP contribution in [0.1, 0.15) is 18.0 Å². The number of rotatable bonds is 3. The first-order valence-corrected chi connectivity index (χ1v) is 6.23. The molecule has 0 bridgehead atoms. The van der Waals surface area contributed by atoms with E-state index in [0.717, 1.165) is 0 Å². The maximum Gasteiger partial charge on any atom is 0.390 e. The summed E-state index contributed by atoms with van der Waals surface area (Å²) in [6.45, 7) is 2.25. The highest BCUT2D eigenvalue weighted by molar-refractivity contribution is 5.85. The van der Waals surface area contributed by atoms with Gasteiger partial charge in [-0.15, -0.1) is 12.4 Å². The number of alkyl halides is 3. The van der Waals surface area contributed by atoms with Crippen LogP contribution >= 0.6 is 12.4 Å². The van der Waals surface area contributed by atoms with E-state index in [2.05, 4.69) is 5.32 Å². The third kappa shape index (κ3) is 4.61. The smallest absolute Gasteiger partial charge is 0.314 e. The van der Waals surface area contributed by atoms with Gasteiger partial charge in [-0.05, 0) is 6.07 Å². The third-order valence-corrected chi connectivity index (χ3v) is 3.28. The first kappa shape index (κ1) is 17.2. The lowest BCUT2D eigenvalue weighted by Gasteiger charge is -2.35.